The van der Waals surface area contributed by atoms with Crippen LogP contribution < -0.4 is 14.8 Å². The van der Waals surface area contributed by atoms with Crippen LogP contribution in [0.3, 0.4) is 0 Å². The molecule has 0 saturated heterocycles. The van der Waals surface area contributed by atoms with Gasteiger partial charge in [0.25, 0.3) is 15.9 Å². The molecular weight excluding hydrogens is 412 g/mol. The van der Waals surface area contributed by atoms with Gasteiger partial charge in [0, 0.05) is 16.3 Å². The highest BCUT2D eigenvalue weighted by atomic mass is 35.5. The number of halogens is 1. The molecule has 0 bridgehead atoms. The molecule has 3 rings (SSSR count). The highest BCUT2D eigenvalue weighted by Crippen LogP contribution is 2.30. The number of anilines is 2. The standard InChI is InChI=1S/C21H19ClN2O4S/c1-14-5-3-7-17(11-14)23-21(25)15-6-4-8-18(12-15)29(26,27)24-19-13-16(22)9-10-20(19)28-2/h3-13,24H,1-2H3,(H,23,25). The molecule has 0 saturated carbocycles. The van der Waals surface area contributed by atoms with Crippen LogP contribution in [0.25, 0.3) is 0 Å². The molecule has 3 aromatic rings. The molecule has 0 atom stereocenters. The highest BCUT2D eigenvalue weighted by Gasteiger charge is 2.19. The third-order valence-electron chi connectivity index (χ3n) is 4.09. The van der Waals surface area contributed by atoms with E-state index in [0.29, 0.717) is 16.5 Å². The van der Waals surface area contributed by atoms with Crippen molar-refractivity contribution in [2.24, 2.45) is 0 Å². The summed E-state index contributed by atoms with van der Waals surface area (Å²) in [5, 5.41) is 3.12. The minimum atomic E-state index is -3.97. The van der Waals surface area contributed by atoms with Gasteiger partial charge in [0.15, 0.2) is 0 Å². The summed E-state index contributed by atoms with van der Waals surface area (Å²) in [7, 11) is -2.54. The van der Waals surface area contributed by atoms with Gasteiger partial charge in [0.1, 0.15) is 5.75 Å². The molecule has 0 aliphatic heterocycles. The molecule has 3 aromatic carbocycles. The molecule has 0 heterocycles. The van der Waals surface area contributed by atoms with Crippen LogP contribution >= 0.6 is 11.6 Å². The fourth-order valence-electron chi connectivity index (χ4n) is 2.69. The van der Waals surface area contributed by atoms with Crippen LogP contribution in [0.5, 0.6) is 5.75 Å². The Kier molecular flexibility index (Phi) is 6.10. The lowest BCUT2D eigenvalue weighted by Gasteiger charge is -2.13. The lowest BCUT2D eigenvalue weighted by atomic mass is 10.2. The molecule has 0 radical (unpaired) electrons. The Morgan fingerprint density at radius 3 is 2.48 bits per heavy atom. The number of rotatable bonds is 6. The lowest BCUT2D eigenvalue weighted by Crippen LogP contribution is -2.16. The molecule has 8 heteroatoms. The first-order chi connectivity index (χ1) is 13.8. The van der Waals surface area contributed by atoms with E-state index in [1.54, 1.807) is 24.3 Å². The van der Waals surface area contributed by atoms with Gasteiger partial charge < -0.3 is 10.1 Å². The first kappa shape index (κ1) is 20.7. The highest BCUT2D eigenvalue weighted by molar-refractivity contribution is 7.92. The van der Waals surface area contributed by atoms with E-state index < -0.39 is 15.9 Å². The Balaban J connectivity index is 1.86. The Morgan fingerprint density at radius 1 is 1.00 bits per heavy atom. The van der Waals surface area contributed by atoms with Crippen molar-refractivity contribution in [3.8, 4) is 5.75 Å². The number of amides is 1. The van der Waals surface area contributed by atoms with Crippen molar-refractivity contribution in [3.05, 3.63) is 82.9 Å². The second-order valence-electron chi connectivity index (χ2n) is 6.30. The minimum absolute atomic E-state index is 0.0589. The van der Waals surface area contributed by atoms with E-state index in [1.165, 1.54) is 31.4 Å². The van der Waals surface area contributed by atoms with E-state index in [9.17, 15) is 13.2 Å². The minimum Gasteiger partial charge on any atom is -0.495 e. The van der Waals surface area contributed by atoms with E-state index in [4.69, 9.17) is 16.3 Å². The molecule has 0 fully saturated rings. The van der Waals surface area contributed by atoms with Gasteiger partial charge in [0.2, 0.25) is 0 Å². The zero-order valence-electron chi connectivity index (χ0n) is 15.8. The number of carbonyl (C=O) groups is 1. The van der Waals surface area contributed by atoms with E-state index >= 15 is 0 Å². The number of sulfonamides is 1. The van der Waals surface area contributed by atoms with Crippen LogP contribution in [0.2, 0.25) is 5.02 Å². The Hall–Kier alpha value is -3.03. The van der Waals surface area contributed by atoms with Gasteiger partial charge in [-0.05, 0) is 61.0 Å². The molecule has 150 valence electrons. The maximum absolute atomic E-state index is 12.8. The van der Waals surface area contributed by atoms with E-state index in [0.717, 1.165) is 5.56 Å². The summed E-state index contributed by atoms with van der Waals surface area (Å²) in [5.74, 6) is -0.0840. The maximum Gasteiger partial charge on any atom is 0.262 e. The van der Waals surface area contributed by atoms with Crippen LogP contribution in [-0.2, 0) is 10.0 Å². The first-order valence-corrected chi connectivity index (χ1v) is 10.5. The van der Waals surface area contributed by atoms with Crippen LogP contribution in [0.1, 0.15) is 15.9 Å². The average Bonchev–Trinajstić information content (AvgIpc) is 2.68. The summed E-state index contributed by atoms with van der Waals surface area (Å²) in [4.78, 5) is 12.5. The van der Waals surface area contributed by atoms with Crippen molar-refractivity contribution in [2.75, 3.05) is 17.1 Å². The fourth-order valence-corrected chi connectivity index (χ4v) is 3.97. The fraction of sp³-hybridized carbons (Fsp3) is 0.0952. The topological polar surface area (TPSA) is 84.5 Å². The molecule has 29 heavy (non-hydrogen) atoms. The van der Waals surface area contributed by atoms with Crippen molar-refractivity contribution in [1.29, 1.82) is 0 Å². The number of hydrogen-bond donors (Lipinski definition) is 2. The monoisotopic (exact) mass is 430 g/mol. The van der Waals surface area contributed by atoms with Gasteiger partial charge in [-0.3, -0.25) is 9.52 Å². The van der Waals surface area contributed by atoms with Crippen LogP contribution in [0.4, 0.5) is 11.4 Å². The quantitative estimate of drug-likeness (QED) is 0.593. The van der Waals surface area contributed by atoms with Gasteiger partial charge >= 0.3 is 0 Å². The Bertz CT molecular complexity index is 1160. The van der Waals surface area contributed by atoms with E-state index in [2.05, 4.69) is 10.0 Å². The first-order valence-electron chi connectivity index (χ1n) is 8.63. The predicted molar refractivity (Wildman–Crippen MR) is 114 cm³/mol. The SMILES string of the molecule is COc1ccc(Cl)cc1NS(=O)(=O)c1cccc(C(=O)Nc2cccc(C)c2)c1. The zero-order chi connectivity index (χ0) is 21.0. The number of carbonyl (C=O) groups excluding carboxylic acids is 1. The zero-order valence-corrected chi connectivity index (χ0v) is 17.3. The molecule has 6 nitrogen and oxygen atoms in total. The van der Waals surface area contributed by atoms with Crippen molar-refractivity contribution < 1.29 is 17.9 Å². The van der Waals surface area contributed by atoms with Crippen molar-refractivity contribution in [3.63, 3.8) is 0 Å². The summed E-state index contributed by atoms with van der Waals surface area (Å²) >= 11 is 5.96. The van der Waals surface area contributed by atoms with Crippen molar-refractivity contribution in [1.82, 2.24) is 0 Å². The van der Waals surface area contributed by atoms with Gasteiger partial charge in [-0.15, -0.1) is 0 Å². The number of ether oxygens (including phenoxy) is 1. The Morgan fingerprint density at radius 2 is 1.76 bits per heavy atom. The number of methoxy groups -OCH3 is 1. The van der Waals surface area contributed by atoms with Gasteiger partial charge in [-0.25, -0.2) is 8.42 Å². The average molecular weight is 431 g/mol. The molecule has 2 N–H and O–H groups in total. The Labute approximate surface area is 174 Å². The number of hydrogen-bond acceptors (Lipinski definition) is 4. The molecule has 0 unspecified atom stereocenters. The predicted octanol–water partition coefficient (Wildman–Crippen LogP) is 4.71. The van der Waals surface area contributed by atoms with Crippen molar-refractivity contribution >= 4 is 38.9 Å². The lowest BCUT2D eigenvalue weighted by molar-refractivity contribution is 0.102. The largest absolute Gasteiger partial charge is 0.495 e. The normalized spacial score (nSPS) is 11.0. The summed E-state index contributed by atoms with van der Waals surface area (Å²) in [5.41, 5.74) is 2.05. The van der Waals surface area contributed by atoms with Crippen LogP contribution in [0.15, 0.2) is 71.6 Å². The number of nitrogens with one attached hydrogen (secondary N) is 2. The van der Waals surface area contributed by atoms with Gasteiger partial charge in [-0.1, -0.05) is 29.8 Å². The molecule has 0 aliphatic rings. The maximum atomic E-state index is 12.8. The van der Waals surface area contributed by atoms with Crippen LogP contribution in [-0.4, -0.2) is 21.4 Å². The molecule has 0 aromatic heterocycles. The molecule has 0 spiro atoms. The number of benzene rings is 3. The second kappa shape index (κ2) is 8.55. The van der Waals surface area contributed by atoms with Crippen LogP contribution in [0, 0.1) is 6.92 Å². The number of aryl methyl sites for hydroxylation is 1. The van der Waals surface area contributed by atoms with Crippen molar-refractivity contribution in [2.45, 2.75) is 11.8 Å². The van der Waals surface area contributed by atoms with Gasteiger partial charge in [0.05, 0.1) is 17.7 Å². The van der Waals surface area contributed by atoms with E-state index in [1.807, 2.05) is 25.1 Å². The second-order valence-corrected chi connectivity index (χ2v) is 8.42. The summed E-state index contributed by atoms with van der Waals surface area (Å²) < 4.78 is 33.3. The molecule has 1 amide bonds. The molecule has 0 aliphatic carbocycles. The molecular formula is C21H19ClN2O4S. The smallest absolute Gasteiger partial charge is 0.262 e. The van der Waals surface area contributed by atoms with Gasteiger partial charge in [-0.2, -0.15) is 0 Å². The van der Waals surface area contributed by atoms with E-state index in [-0.39, 0.29) is 16.1 Å². The summed E-state index contributed by atoms with van der Waals surface area (Å²) in [6.07, 6.45) is 0. The third kappa shape index (κ3) is 5.07. The summed E-state index contributed by atoms with van der Waals surface area (Å²) in [6, 6.07) is 17.7. The summed E-state index contributed by atoms with van der Waals surface area (Å²) in [6.45, 7) is 1.92. The third-order valence-corrected chi connectivity index (χ3v) is 5.69.